The average Bonchev–Trinajstić information content (AvgIpc) is 2.04. The fourth-order valence-corrected chi connectivity index (χ4v) is 0.846. The highest BCUT2D eigenvalue weighted by Gasteiger charge is 1.97. The lowest BCUT2D eigenvalue weighted by molar-refractivity contribution is 0.112. The van der Waals surface area contributed by atoms with Crippen molar-refractivity contribution in [3.05, 3.63) is 35.9 Å². The number of phenolic OH excluding ortho intramolecular Hbond substituents is 1. The Labute approximate surface area is 64.8 Å². The van der Waals surface area contributed by atoms with Crippen LogP contribution >= 0.6 is 0 Å². The minimum absolute atomic E-state index is 0.144. The summed E-state index contributed by atoms with van der Waals surface area (Å²) in [7, 11) is 0. The normalized spacial score (nSPS) is 9.09. The second kappa shape index (κ2) is 3.01. The number of carbonyl (C=O) groups is 1. The van der Waals surface area contributed by atoms with E-state index in [1.165, 1.54) is 18.2 Å². The molecule has 0 aliphatic carbocycles. The van der Waals surface area contributed by atoms with Crippen molar-refractivity contribution in [3.8, 4) is 5.75 Å². The summed E-state index contributed by atoms with van der Waals surface area (Å²) in [4.78, 5) is 10.4. The van der Waals surface area contributed by atoms with Crippen LogP contribution in [-0.4, -0.2) is 11.4 Å². The van der Waals surface area contributed by atoms with Crippen LogP contribution in [0.5, 0.6) is 5.75 Å². The Bertz CT molecular complexity index is 290. The number of aromatic hydroxyl groups is 1. The minimum atomic E-state index is 0.144. The van der Waals surface area contributed by atoms with Gasteiger partial charge in [0.15, 0.2) is 6.29 Å². The van der Waals surface area contributed by atoms with Gasteiger partial charge in [-0.05, 0) is 23.8 Å². The molecule has 0 aliphatic rings. The summed E-state index contributed by atoms with van der Waals surface area (Å²) in [6.45, 7) is 3.51. The Kier molecular flexibility index (Phi) is 2.06. The second-order valence-electron chi connectivity index (χ2n) is 2.14. The number of benzene rings is 1. The molecule has 0 bridgehead atoms. The number of aldehydes is 1. The summed E-state index contributed by atoms with van der Waals surface area (Å²) in [5.74, 6) is 0.144. The Hall–Kier alpha value is -1.57. The molecular formula is C9H8O2. The molecular weight excluding hydrogens is 140 g/mol. The topological polar surface area (TPSA) is 37.3 Å². The molecule has 0 heterocycles. The predicted octanol–water partition coefficient (Wildman–Crippen LogP) is 1.85. The highest BCUT2D eigenvalue weighted by Crippen LogP contribution is 2.15. The van der Waals surface area contributed by atoms with Gasteiger partial charge in [-0.25, -0.2) is 0 Å². The van der Waals surface area contributed by atoms with Crippen LogP contribution in [0.2, 0.25) is 0 Å². The van der Waals surface area contributed by atoms with E-state index in [9.17, 15) is 4.79 Å². The van der Waals surface area contributed by atoms with Gasteiger partial charge in [-0.15, -0.1) is 0 Å². The van der Waals surface area contributed by atoms with Gasteiger partial charge in [0.1, 0.15) is 5.75 Å². The second-order valence-corrected chi connectivity index (χ2v) is 2.14. The van der Waals surface area contributed by atoms with Crippen molar-refractivity contribution in [2.75, 3.05) is 0 Å². The maximum Gasteiger partial charge on any atom is 0.150 e. The van der Waals surface area contributed by atoms with E-state index in [0.29, 0.717) is 11.1 Å². The Morgan fingerprint density at radius 2 is 2.09 bits per heavy atom. The van der Waals surface area contributed by atoms with Crippen LogP contribution in [0, 0.1) is 0 Å². The molecule has 0 atom stereocenters. The van der Waals surface area contributed by atoms with Crippen molar-refractivity contribution in [2.24, 2.45) is 0 Å². The lowest BCUT2D eigenvalue weighted by atomic mass is 10.1. The first kappa shape index (κ1) is 7.54. The Balaban J connectivity index is 3.26. The number of hydrogen-bond donors (Lipinski definition) is 1. The zero-order chi connectivity index (χ0) is 8.27. The summed E-state index contributed by atoms with van der Waals surface area (Å²) in [5, 5.41) is 9.00. The van der Waals surface area contributed by atoms with Crippen molar-refractivity contribution >= 4 is 12.4 Å². The van der Waals surface area contributed by atoms with E-state index in [1.807, 2.05) is 0 Å². The van der Waals surface area contributed by atoms with Crippen LogP contribution in [0.25, 0.3) is 6.08 Å². The quantitative estimate of drug-likeness (QED) is 0.650. The van der Waals surface area contributed by atoms with E-state index in [-0.39, 0.29) is 5.75 Å². The van der Waals surface area contributed by atoms with Crippen LogP contribution < -0.4 is 0 Å². The van der Waals surface area contributed by atoms with E-state index in [0.717, 1.165) is 6.29 Å². The lowest BCUT2D eigenvalue weighted by Crippen LogP contribution is -1.83. The van der Waals surface area contributed by atoms with Crippen molar-refractivity contribution < 1.29 is 9.90 Å². The molecule has 0 unspecified atom stereocenters. The molecule has 1 rings (SSSR count). The summed E-state index contributed by atoms with van der Waals surface area (Å²) in [6.07, 6.45) is 2.26. The minimum Gasteiger partial charge on any atom is -0.508 e. The van der Waals surface area contributed by atoms with Gasteiger partial charge in [0.25, 0.3) is 0 Å². The molecule has 0 spiro atoms. The van der Waals surface area contributed by atoms with Gasteiger partial charge in [0.05, 0.1) is 0 Å². The van der Waals surface area contributed by atoms with Crippen LogP contribution in [0.1, 0.15) is 15.9 Å². The summed E-state index contributed by atoms with van der Waals surface area (Å²) >= 11 is 0. The molecule has 0 aromatic heterocycles. The Morgan fingerprint density at radius 3 is 2.64 bits per heavy atom. The smallest absolute Gasteiger partial charge is 0.150 e. The highest BCUT2D eigenvalue weighted by atomic mass is 16.3. The zero-order valence-corrected chi connectivity index (χ0v) is 5.95. The summed E-state index contributed by atoms with van der Waals surface area (Å²) in [6, 6.07) is 4.52. The third kappa shape index (κ3) is 1.46. The number of rotatable bonds is 2. The van der Waals surface area contributed by atoms with Crippen molar-refractivity contribution in [2.45, 2.75) is 0 Å². The molecule has 0 fully saturated rings. The van der Waals surface area contributed by atoms with Gasteiger partial charge in [-0.3, -0.25) is 4.79 Å². The van der Waals surface area contributed by atoms with Gasteiger partial charge in [0.2, 0.25) is 0 Å². The van der Waals surface area contributed by atoms with Crippen molar-refractivity contribution in [1.82, 2.24) is 0 Å². The van der Waals surface area contributed by atoms with Crippen molar-refractivity contribution in [1.29, 1.82) is 0 Å². The van der Waals surface area contributed by atoms with E-state index in [2.05, 4.69) is 6.58 Å². The molecule has 11 heavy (non-hydrogen) atoms. The monoisotopic (exact) mass is 148 g/mol. The van der Waals surface area contributed by atoms with Gasteiger partial charge in [0, 0.05) is 5.56 Å². The summed E-state index contributed by atoms with van der Waals surface area (Å²) in [5.41, 5.74) is 1.19. The van der Waals surface area contributed by atoms with Crippen LogP contribution in [-0.2, 0) is 0 Å². The molecule has 0 amide bonds. The largest absolute Gasteiger partial charge is 0.508 e. The van der Waals surface area contributed by atoms with E-state index in [1.54, 1.807) is 6.07 Å². The van der Waals surface area contributed by atoms with Crippen LogP contribution in [0.15, 0.2) is 24.8 Å². The lowest BCUT2D eigenvalue weighted by Gasteiger charge is -1.97. The van der Waals surface area contributed by atoms with Gasteiger partial charge < -0.3 is 5.11 Å². The molecule has 56 valence electrons. The molecule has 0 aliphatic heterocycles. The van der Waals surface area contributed by atoms with Gasteiger partial charge in [-0.2, -0.15) is 0 Å². The number of hydrogen-bond acceptors (Lipinski definition) is 2. The third-order valence-corrected chi connectivity index (χ3v) is 1.42. The highest BCUT2D eigenvalue weighted by molar-refractivity contribution is 5.82. The zero-order valence-electron chi connectivity index (χ0n) is 5.95. The molecule has 0 saturated carbocycles. The molecule has 1 aromatic rings. The van der Waals surface area contributed by atoms with E-state index >= 15 is 0 Å². The third-order valence-electron chi connectivity index (χ3n) is 1.42. The fraction of sp³-hybridized carbons (Fsp3) is 0. The SMILES string of the molecule is C=Cc1cc(O)ccc1C=O. The average molecular weight is 148 g/mol. The first-order chi connectivity index (χ1) is 5.27. The van der Waals surface area contributed by atoms with Crippen LogP contribution in [0.3, 0.4) is 0 Å². The molecule has 2 nitrogen and oxygen atoms in total. The summed E-state index contributed by atoms with van der Waals surface area (Å²) < 4.78 is 0. The molecule has 1 N–H and O–H groups in total. The van der Waals surface area contributed by atoms with E-state index in [4.69, 9.17) is 5.11 Å². The van der Waals surface area contributed by atoms with Gasteiger partial charge >= 0.3 is 0 Å². The maximum atomic E-state index is 10.4. The predicted molar refractivity (Wildman–Crippen MR) is 43.6 cm³/mol. The molecule has 0 radical (unpaired) electrons. The van der Waals surface area contributed by atoms with Crippen molar-refractivity contribution in [3.63, 3.8) is 0 Å². The molecule has 2 heteroatoms. The Morgan fingerprint density at radius 1 is 1.36 bits per heavy atom. The molecule has 1 aromatic carbocycles. The first-order valence-corrected chi connectivity index (χ1v) is 3.18. The first-order valence-electron chi connectivity index (χ1n) is 3.18. The fourth-order valence-electron chi connectivity index (χ4n) is 0.846. The van der Waals surface area contributed by atoms with E-state index < -0.39 is 0 Å². The maximum absolute atomic E-state index is 10.4. The van der Waals surface area contributed by atoms with Crippen LogP contribution in [0.4, 0.5) is 0 Å². The van der Waals surface area contributed by atoms with Gasteiger partial charge in [-0.1, -0.05) is 12.7 Å². The number of carbonyl (C=O) groups excluding carboxylic acids is 1. The number of phenols is 1. The molecule has 0 saturated heterocycles. The standard InChI is InChI=1S/C9H8O2/c1-2-7-5-9(11)4-3-8(7)6-10/h2-6,11H,1H2.